The molecule has 2 aromatic rings. The van der Waals surface area contributed by atoms with Gasteiger partial charge in [0.05, 0.1) is 17.0 Å². The summed E-state index contributed by atoms with van der Waals surface area (Å²) in [6.45, 7) is 2.25. The molecule has 0 amide bonds. The van der Waals surface area contributed by atoms with Crippen molar-refractivity contribution in [2.24, 2.45) is 0 Å². The molecule has 24 heavy (non-hydrogen) atoms. The Kier molecular flexibility index (Phi) is 7.21. The number of thiophene rings is 1. The second kappa shape index (κ2) is 8.94. The molecular weight excluding hydrogens is 368 g/mol. The highest BCUT2D eigenvalue weighted by molar-refractivity contribution is 7.91. The van der Waals surface area contributed by atoms with Crippen LogP contribution in [0.25, 0.3) is 0 Å². The zero-order valence-electron chi connectivity index (χ0n) is 13.3. The van der Waals surface area contributed by atoms with Crippen molar-refractivity contribution in [2.45, 2.75) is 36.2 Å². The van der Waals surface area contributed by atoms with Gasteiger partial charge in [-0.15, -0.1) is 11.3 Å². The maximum atomic E-state index is 12.4. The Labute approximate surface area is 151 Å². The SMILES string of the molecule is CCC(NCc1ccccc1)[C@H](CO)NS(=O)(=O)c1ccc(Cl)s1. The van der Waals surface area contributed by atoms with E-state index >= 15 is 0 Å². The molecule has 2 atom stereocenters. The first-order valence-corrected chi connectivity index (χ1v) is 10.3. The zero-order valence-corrected chi connectivity index (χ0v) is 15.7. The van der Waals surface area contributed by atoms with E-state index in [0.29, 0.717) is 17.3 Å². The highest BCUT2D eigenvalue weighted by Gasteiger charge is 2.26. The summed E-state index contributed by atoms with van der Waals surface area (Å²) in [6.07, 6.45) is 0.672. The van der Waals surface area contributed by atoms with Crippen LogP contribution in [-0.2, 0) is 16.6 Å². The van der Waals surface area contributed by atoms with Crippen LogP contribution < -0.4 is 10.0 Å². The monoisotopic (exact) mass is 388 g/mol. The maximum absolute atomic E-state index is 12.4. The fourth-order valence-corrected chi connectivity index (χ4v) is 5.13. The normalized spacial score (nSPS) is 14.5. The van der Waals surface area contributed by atoms with Gasteiger partial charge in [0.25, 0.3) is 0 Å². The van der Waals surface area contributed by atoms with Gasteiger partial charge in [-0.1, -0.05) is 48.9 Å². The van der Waals surface area contributed by atoms with Crippen LogP contribution >= 0.6 is 22.9 Å². The molecule has 0 radical (unpaired) electrons. The van der Waals surface area contributed by atoms with E-state index in [1.165, 1.54) is 6.07 Å². The average Bonchev–Trinajstić information content (AvgIpc) is 3.02. The third kappa shape index (κ3) is 5.27. The lowest BCUT2D eigenvalue weighted by atomic mass is 10.1. The molecule has 1 unspecified atom stereocenters. The first-order valence-electron chi connectivity index (χ1n) is 7.62. The van der Waals surface area contributed by atoms with Crippen molar-refractivity contribution in [3.63, 3.8) is 0 Å². The number of benzene rings is 1. The van der Waals surface area contributed by atoms with Crippen LogP contribution in [0.3, 0.4) is 0 Å². The molecule has 5 nitrogen and oxygen atoms in total. The number of aliphatic hydroxyl groups excluding tert-OH is 1. The number of rotatable bonds is 9. The number of hydrogen-bond acceptors (Lipinski definition) is 5. The minimum atomic E-state index is -3.70. The molecule has 3 N–H and O–H groups in total. The van der Waals surface area contributed by atoms with Crippen LogP contribution in [0.15, 0.2) is 46.7 Å². The van der Waals surface area contributed by atoms with Gasteiger partial charge >= 0.3 is 0 Å². The van der Waals surface area contributed by atoms with Gasteiger partial charge in [-0.05, 0) is 24.1 Å². The van der Waals surface area contributed by atoms with Crippen LogP contribution in [-0.4, -0.2) is 32.2 Å². The maximum Gasteiger partial charge on any atom is 0.250 e. The number of halogens is 1. The fourth-order valence-electron chi connectivity index (χ4n) is 2.36. The molecule has 1 heterocycles. The fraction of sp³-hybridized carbons (Fsp3) is 0.375. The second-order valence-electron chi connectivity index (χ2n) is 5.35. The van der Waals surface area contributed by atoms with Gasteiger partial charge in [-0.2, -0.15) is 0 Å². The molecule has 1 aromatic heterocycles. The summed E-state index contributed by atoms with van der Waals surface area (Å²) in [6, 6.07) is 12.0. The Morgan fingerprint density at radius 3 is 2.42 bits per heavy atom. The molecule has 2 rings (SSSR count). The molecule has 132 valence electrons. The van der Waals surface area contributed by atoms with E-state index in [0.717, 1.165) is 16.9 Å². The largest absolute Gasteiger partial charge is 0.395 e. The number of aliphatic hydroxyl groups is 1. The third-order valence-corrected chi connectivity index (χ3v) is 6.87. The predicted octanol–water partition coefficient (Wildman–Crippen LogP) is 2.61. The lowest BCUT2D eigenvalue weighted by Gasteiger charge is -2.26. The first-order chi connectivity index (χ1) is 11.5. The predicted molar refractivity (Wildman–Crippen MR) is 97.9 cm³/mol. The van der Waals surface area contributed by atoms with E-state index in [9.17, 15) is 13.5 Å². The van der Waals surface area contributed by atoms with E-state index in [4.69, 9.17) is 11.6 Å². The summed E-state index contributed by atoms with van der Waals surface area (Å²) in [4.78, 5) is 0. The molecule has 0 spiro atoms. The Morgan fingerprint density at radius 2 is 1.88 bits per heavy atom. The van der Waals surface area contributed by atoms with E-state index in [2.05, 4.69) is 10.0 Å². The van der Waals surface area contributed by atoms with Crippen molar-refractivity contribution in [2.75, 3.05) is 6.61 Å². The van der Waals surface area contributed by atoms with Gasteiger partial charge in [-0.25, -0.2) is 13.1 Å². The first kappa shape index (κ1) is 19.4. The molecule has 8 heteroatoms. The minimum absolute atomic E-state index is 0.142. The smallest absolute Gasteiger partial charge is 0.250 e. The molecule has 0 aliphatic rings. The topological polar surface area (TPSA) is 78.4 Å². The lowest BCUT2D eigenvalue weighted by molar-refractivity contribution is 0.222. The number of sulfonamides is 1. The van der Waals surface area contributed by atoms with Crippen molar-refractivity contribution < 1.29 is 13.5 Å². The van der Waals surface area contributed by atoms with Crippen LogP contribution in [0.2, 0.25) is 4.34 Å². The molecule has 0 aliphatic carbocycles. The summed E-state index contributed by atoms with van der Waals surface area (Å²) < 4.78 is 27.9. The highest BCUT2D eigenvalue weighted by atomic mass is 35.5. The van der Waals surface area contributed by atoms with Gasteiger partial charge < -0.3 is 10.4 Å². The lowest BCUT2D eigenvalue weighted by Crippen LogP contribution is -2.51. The molecular formula is C16H21ClN2O3S2. The Hall–Kier alpha value is -0.960. The van der Waals surface area contributed by atoms with Crippen molar-refractivity contribution in [3.8, 4) is 0 Å². The van der Waals surface area contributed by atoms with Crippen LogP contribution in [0.4, 0.5) is 0 Å². The van der Waals surface area contributed by atoms with E-state index in [1.807, 2.05) is 37.3 Å². The van der Waals surface area contributed by atoms with Gasteiger partial charge in [0.1, 0.15) is 4.21 Å². The van der Waals surface area contributed by atoms with E-state index < -0.39 is 16.1 Å². The molecule has 0 saturated heterocycles. The zero-order chi connectivity index (χ0) is 17.6. The summed E-state index contributed by atoms with van der Waals surface area (Å²) in [5.74, 6) is 0. The van der Waals surface area contributed by atoms with Crippen LogP contribution in [0.5, 0.6) is 0 Å². The van der Waals surface area contributed by atoms with Crippen molar-refractivity contribution in [1.82, 2.24) is 10.0 Å². The van der Waals surface area contributed by atoms with E-state index in [-0.39, 0.29) is 16.9 Å². The second-order valence-corrected chi connectivity index (χ2v) is 9.01. The average molecular weight is 389 g/mol. The van der Waals surface area contributed by atoms with E-state index in [1.54, 1.807) is 6.07 Å². The highest BCUT2D eigenvalue weighted by Crippen LogP contribution is 2.25. The quantitative estimate of drug-likeness (QED) is 0.617. The summed E-state index contributed by atoms with van der Waals surface area (Å²) in [5.41, 5.74) is 1.10. The van der Waals surface area contributed by atoms with Gasteiger partial charge in [-0.3, -0.25) is 0 Å². The Balaban J connectivity index is 2.04. The summed E-state index contributed by atoms with van der Waals surface area (Å²) in [5, 5.41) is 13.0. The minimum Gasteiger partial charge on any atom is -0.395 e. The molecule has 1 aromatic carbocycles. The summed E-state index contributed by atoms with van der Waals surface area (Å²) in [7, 11) is -3.70. The summed E-state index contributed by atoms with van der Waals surface area (Å²) >= 11 is 6.80. The number of nitrogens with one attached hydrogen (secondary N) is 2. The van der Waals surface area contributed by atoms with Gasteiger partial charge in [0, 0.05) is 12.6 Å². The molecule has 0 bridgehead atoms. The third-order valence-electron chi connectivity index (χ3n) is 3.65. The van der Waals surface area contributed by atoms with Crippen LogP contribution in [0, 0.1) is 0 Å². The Morgan fingerprint density at radius 1 is 1.17 bits per heavy atom. The van der Waals surface area contributed by atoms with Gasteiger partial charge in [0.2, 0.25) is 10.0 Å². The molecule has 0 aliphatic heterocycles. The number of hydrogen-bond donors (Lipinski definition) is 3. The molecule has 0 saturated carbocycles. The van der Waals surface area contributed by atoms with Crippen molar-refractivity contribution in [1.29, 1.82) is 0 Å². The van der Waals surface area contributed by atoms with Crippen molar-refractivity contribution >= 4 is 33.0 Å². The molecule has 0 fully saturated rings. The Bertz CT molecular complexity index is 735. The van der Waals surface area contributed by atoms with Crippen molar-refractivity contribution in [3.05, 3.63) is 52.4 Å². The standard InChI is InChI=1S/C16H21ClN2O3S2/c1-2-13(18-10-12-6-4-3-5-7-12)14(11-20)19-24(21,22)16-9-8-15(17)23-16/h3-9,13-14,18-20H,2,10-11H2,1H3/t13?,14-/m0/s1. The van der Waals surface area contributed by atoms with Crippen LogP contribution in [0.1, 0.15) is 18.9 Å². The van der Waals surface area contributed by atoms with Gasteiger partial charge in [0.15, 0.2) is 0 Å².